The number of halogens is 1. The molecule has 106 valence electrons. The predicted molar refractivity (Wildman–Crippen MR) is 84.0 cm³/mol. The number of rotatable bonds is 2. The Morgan fingerprint density at radius 3 is 2.80 bits per heavy atom. The Kier molecular flexibility index (Phi) is 3.39. The van der Waals surface area contributed by atoms with E-state index >= 15 is 0 Å². The van der Waals surface area contributed by atoms with Crippen molar-refractivity contribution in [1.82, 2.24) is 4.57 Å². The minimum atomic E-state index is 0.154. The first-order valence-corrected chi connectivity index (χ1v) is 7.51. The molecule has 0 saturated heterocycles. The molecule has 0 bridgehead atoms. The molecule has 20 heavy (non-hydrogen) atoms. The van der Waals surface area contributed by atoms with Gasteiger partial charge in [0.25, 0.3) is 0 Å². The molecular formula is C17H21ClN2. The van der Waals surface area contributed by atoms with Crippen molar-refractivity contribution >= 4 is 11.6 Å². The maximum absolute atomic E-state index is 6.32. The fraction of sp³-hybridized carbons (Fsp3) is 0.412. The van der Waals surface area contributed by atoms with E-state index in [9.17, 15) is 0 Å². The molecule has 2 N–H and O–H groups in total. The number of aromatic nitrogens is 1. The first-order valence-electron chi connectivity index (χ1n) is 7.13. The van der Waals surface area contributed by atoms with Crippen LogP contribution in [0.2, 0.25) is 5.02 Å². The number of hydrogen-bond donors (Lipinski definition) is 1. The average molecular weight is 289 g/mol. The molecule has 1 atom stereocenters. The second kappa shape index (κ2) is 4.94. The molecule has 1 aliphatic rings. The highest BCUT2D eigenvalue weighted by Crippen LogP contribution is 2.40. The molecule has 1 unspecified atom stereocenters. The molecule has 0 saturated carbocycles. The van der Waals surface area contributed by atoms with Crippen LogP contribution in [0.4, 0.5) is 0 Å². The van der Waals surface area contributed by atoms with E-state index in [4.69, 9.17) is 17.3 Å². The normalized spacial score (nSPS) is 20.7. The number of hydrogen-bond acceptors (Lipinski definition) is 1. The van der Waals surface area contributed by atoms with Crippen molar-refractivity contribution in [3.05, 3.63) is 58.4 Å². The van der Waals surface area contributed by atoms with Gasteiger partial charge in [-0.1, -0.05) is 43.6 Å². The Morgan fingerprint density at radius 2 is 2.05 bits per heavy atom. The van der Waals surface area contributed by atoms with Crippen LogP contribution >= 0.6 is 11.6 Å². The summed E-state index contributed by atoms with van der Waals surface area (Å²) in [5.41, 5.74) is 10.4. The van der Waals surface area contributed by atoms with E-state index in [1.54, 1.807) is 0 Å². The highest BCUT2D eigenvalue weighted by Gasteiger charge is 2.32. The van der Waals surface area contributed by atoms with E-state index in [0.717, 1.165) is 30.0 Å². The van der Waals surface area contributed by atoms with Gasteiger partial charge in [-0.3, -0.25) is 0 Å². The van der Waals surface area contributed by atoms with Crippen LogP contribution in [0.25, 0.3) is 0 Å². The minimum absolute atomic E-state index is 0.154. The third kappa shape index (κ3) is 2.50. The Hall–Kier alpha value is -1.25. The van der Waals surface area contributed by atoms with Crippen molar-refractivity contribution in [3.63, 3.8) is 0 Å². The van der Waals surface area contributed by atoms with Crippen molar-refractivity contribution in [2.75, 3.05) is 0 Å². The van der Waals surface area contributed by atoms with Gasteiger partial charge in [0.15, 0.2) is 0 Å². The fourth-order valence-corrected chi connectivity index (χ4v) is 3.45. The molecular weight excluding hydrogens is 268 g/mol. The standard InChI is InChI=1S/C17H21ClN2/c1-17(2)9-15(19)13-7-8-20(16(13)10-17)11-12-5-3-4-6-14(12)18/h3-8,15H,9-11,19H2,1-2H3. The van der Waals surface area contributed by atoms with Crippen LogP contribution in [0.15, 0.2) is 36.5 Å². The Labute approximate surface area is 125 Å². The molecule has 2 aromatic rings. The summed E-state index contributed by atoms with van der Waals surface area (Å²) in [7, 11) is 0. The van der Waals surface area contributed by atoms with Gasteiger partial charge in [-0.05, 0) is 41.5 Å². The summed E-state index contributed by atoms with van der Waals surface area (Å²) < 4.78 is 2.30. The first-order chi connectivity index (χ1) is 9.46. The maximum atomic E-state index is 6.32. The van der Waals surface area contributed by atoms with E-state index in [2.05, 4.69) is 36.7 Å². The quantitative estimate of drug-likeness (QED) is 0.884. The van der Waals surface area contributed by atoms with Gasteiger partial charge >= 0.3 is 0 Å². The smallest absolute Gasteiger partial charge is 0.0487 e. The lowest BCUT2D eigenvalue weighted by molar-refractivity contribution is 0.276. The van der Waals surface area contributed by atoms with Gasteiger partial charge in [-0.15, -0.1) is 0 Å². The second-order valence-corrected chi connectivity index (χ2v) is 7.00. The molecule has 1 aromatic heterocycles. The SMILES string of the molecule is CC1(C)Cc2c(ccn2Cc2ccccc2Cl)C(N)C1. The highest BCUT2D eigenvalue weighted by atomic mass is 35.5. The van der Waals surface area contributed by atoms with Crippen molar-refractivity contribution in [2.24, 2.45) is 11.1 Å². The summed E-state index contributed by atoms with van der Waals surface area (Å²) in [6.07, 6.45) is 4.28. The summed E-state index contributed by atoms with van der Waals surface area (Å²) in [4.78, 5) is 0. The molecule has 1 heterocycles. The molecule has 0 radical (unpaired) electrons. The number of nitrogens with zero attached hydrogens (tertiary/aromatic N) is 1. The molecule has 0 aliphatic heterocycles. The van der Waals surface area contributed by atoms with Gasteiger partial charge in [0.1, 0.15) is 0 Å². The maximum Gasteiger partial charge on any atom is 0.0487 e. The van der Waals surface area contributed by atoms with Crippen LogP contribution in [0.1, 0.15) is 43.1 Å². The molecule has 0 amide bonds. The molecule has 3 heteroatoms. The van der Waals surface area contributed by atoms with Crippen molar-refractivity contribution < 1.29 is 0 Å². The molecule has 3 rings (SSSR count). The van der Waals surface area contributed by atoms with Gasteiger partial charge < -0.3 is 10.3 Å². The topological polar surface area (TPSA) is 30.9 Å². The van der Waals surface area contributed by atoms with Crippen LogP contribution in [-0.2, 0) is 13.0 Å². The fourth-order valence-electron chi connectivity index (χ4n) is 3.25. The van der Waals surface area contributed by atoms with Crippen LogP contribution in [0.5, 0.6) is 0 Å². The van der Waals surface area contributed by atoms with Crippen LogP contribution < -0.4 is 5.73 Å². The number of benzene rings is 1. The molecule has 0 spiro atoms. The summed E-state index contributed by atoms with van der Waals surface area (Å²) in [5.74, 6) is 0. The van der Waals surface area contributed by atoms with Gasteiger partial charge in [0.2, 0.25) is 0 Å². The van der Waals surface area contributed by atoms with E-state index in [-0.39, 0.29) is 11.5 Å². The third-order valence-electron chi connectivity index (χ3n) is 4.23. The summed E-state index contributed by atoms with van der Waals surface area (Å²) in [6, 6.07) is 10.4. The van der Waals surface area contributed by atoms with Gasteiger partial charge in [-0.25, -0.2) is 0 Å². The predicted octanol–water partition coefficient (Wildman–Crippen LogP) is 4.16. The van der Waals surface area contributed by atoms with Crippen LogP contribution in [-0.4, -0.2) is 4.57 Å². The van der Waals surface area contributed by atoms with E-state index < -0.39 is 0 Å². The van der Waals surface area contributed by atoms with Crippen molar-refractivity contribution in [3.8, 4) is 0 Å². The lowest BCUT2D eigenvalue weighted by atomic mass is 9.74. The summed E-state index contributed by atoms with van der Waals surface area (Å²) >= 11 is 6.27. The van der Waals surface area contributed by atoms with Crippen molar-refractivity contribution in [1.29, 1.82) is 0 Å². The number of nitrogens with two attached hydrogens (primary N) is 1. The summed E-state index contributed by atoms with van der Waals surface area (Å²) in [6.45, 7) is 5.41. The van der Waals surface area contributed by atoms with Gasteiger partial charge in [0.05, 0.1) is 0 Å². The number of fused-ring (bicyclic) bond motifs is 1. The highest BCUT2D eigenvalue weighted by molar-refractivity contribution is 6.31. The first kappa shape index (κ1) is 13.7. The Morgan fingerprint density at radius 1 is 1.30 bits per heavy atom. The molecule has 1 aliphatic carbocycles. The van der Waals surface area contributed by atoms with Crippen LogP contribution in [0.3, 0.4) is 0 Å². The average Bonchev–Trinajstić information content (AvgIpc) is 2.74. The third-order valence-corrected chi connectivity index (χ3v) is 4.60. The Balaban J connectivity index is 1.95. The Bertz CT molecular complexity index is 628. The second-order valence-electron chi connectivity index (χ2n) is 6.59. The molecule has 1 aromatic carbocycles. The minimum Gasteiger partial charge on any atom is -0.347 e. The van der Waals surface area contributed by atoms with E-state index in [0.29, 0.717) is 0 Å². The van der Waals surface area contributed by atoms with Crippen LogP contribution in [0, 0.1) is 5.41 Å². The van der Waals surface area contributed by atoms with Gasteiger partial charge in [0, 0.05) is 29.5 Å². The zero-order chi connectivity index (χ0) is 14.3. The zero-order valence-electron chi connectivity index (χ0n) is 12.1. The molecule has 0 fully saturated rings. The largest absolute Gasteiger partial charge is 0.347 e. The lowest BCUT2D eigenvalue weighted by Crippen LogP contribution is -2.30. The summed E-state index contributed by atoms with van der Waals surface area (Å²) in [5, 5.41) is 0.828. The monoisotopic (exact) mass is 288 g/mol. The van der Waals surface area contributed by atoms with E-state index in [1.807, 2.05) is 18.2 Å². The molecule has 2 nitrogen and oxygen atoms in total. The van der Waals surface area contributed by atoms with E-state index in [1.165, 1.54) is 11.3 Å². The van der Waals surface area contributed by atoms with Crippen molar-refractivity contribution in [2.45, 2.75) is 39.3 Å². The lowest BCUT2D eigenvalue weighted by Gasteiger charge is -2.34. The zero-order valence-corrected chi connectivity index (χ0v) is 12.8. The van der Waals surface area contributed by atoms with Gasteiger partial charge in [-0.2, -0.15) is 0 Å².